The molecule has 2 fully saturated rings. The van der Waals surface area contributed by atoms with Crippen LogP contribution in [0.4, 0.5) is 5.13 Å². The smallest absolute Gasteiger partial charge is 0.234 e. The summed E-state index contributed by atoms with van der Waals surface area (Å²) in [6, 6.07) is 10.9. The van der Waals surface area contributed by atoms with E-state index in [2.05, 4.69) is 55.3 Å². The lowest BCUT2D eigenvalue weighted by Crippen LogP contribution is -2.51. The van der Waals surface area contributed by atoms with Gasteiger partial charge in [-0.15, -0.1) is 11.3 Å². The molecule has 1 aromatic carbocycles. The van der Waals surface area contributed by atoms with Crippen LogP contribution in [0.25, 0.3) is 0 Å². The minimum atomic E-state index is 0.171. The van der Waals surface area contributed by atoms with E-state index in [9.17, 15) is 4.79 Å². The van der Waals surface area contributed by atoms with Gasteiger partial charge in [0.05, 0.1) is 6.54 Å². The molecule has 0 saturated carbocycles. The van der Waals surface area contributed by atoms with E-state index in [0.717, 1.165) is 63.8 Å². The van der Waals surface area contributed by atoms with E-state index in [1.807, 2.05) is 11.6 Å². The predicted octanol–water partition coefficient (Wildman–Crippen LogP) is 2.05. The number of amides is 1. The second-order valence-electron chi connectivity index (χ2n) is 7.68. The van der Waals surface area contributed by atoms with Gasteiger partial charge in [-0.25, -0.2) is 4.98 Å². The van der Waals surface area contributed by atoms with Gasteiger partial charge in [0.1, 0.15) is 0 Å². The molecule has 1 amide bonds. The second kappa shape index (κ2) is 9.49. The molecule has 150 valence electrons. The van der Waals surface area contributed by atoms with Gasteiger partial charge in [0, 0.05) is 63.4 Å². The van der Waals surface area contributed by atoms with Crippen LogP contribution in [0.5, 0.6) is 0 Å². The fourth-order valence-corrected chi connectivity index (χ4v) is 4.72. The number of carbonyl (C=O) groups excluding carboxylic acids is 1. The zero-order chi connectivity index (χ0) is 19.2. The topological polar surface area (TPSA) is 51.7 Å². The van der Waals surface area contributed by atoms with Crippen molar-refractivity contribution in [2.45, 2.75) is 25.4 Å². The highest BCUT2D eigenvalue weighted by Crippen LogP contribution is 2.19. The molecule has 4 rings (SSSR count). The van der Waals surface area contributed by atoms with E-state index in [-0.39, 0.29) is 5.91 Å². The third-order valence-electron chi connectivity index (χ3n) is 5.63. The van der Waals surface area contributed by atoms with Crippen molar-refractivity contribution in [1.29, 1.82) is 0 Å². The fourth-order valence-electron chi connectivity index (χ4n) is 4.02. The first-order valence-corrected chi connectivity index (χ1v) is 11.1. The molecule has 0 unspecified atom stereocenters. The molecule has 3 heterocycles. The first-order chi connectivity index (χ1) is 13.8. The fraction of sp³-hybridized carbons (Fsp3) is 0.524. The summed E-state index contributed by atoms with van der Waals surface area (Å²) in [7, 11) is 0. The molecule has 0 spiro atoms. The Morgan fingerprint density at radius 3 is 2.46 bits per heavy atom. The van der Waals surface area contributed by atoms with Crippen molar-refractivity contribution in [3.8, 4) is 0 Å². The van der Waals surface area contributed by atoms with Crippen molar-refractivity contribution >= 4 is 22.4 Å². The normalized spacial score (nSPS) is 19.6. The number of nitrogens with one attached hydrogen (secondary N) is 1. The molecule has 1 aromatic heterocycles. The highest BCUT2D eigenvalue weighted by Gasteiger charge is 2.23. The Balaban J connectivity index is 1.14. The number of benzene rings is 1. The molecule has 2 aliphatic heterocycles. The number of aromatic nitrogens is 1. The van der Waals surface area contributed by atoms with Crippen LogP contribution in [0.15, 0.2) is 41.9 Å². The quantitative estimate of drug-likeness (QED) is 0.806. The molecule has 6 nitrogen and oxygen atoms in total. The van der Waals surface area contributed by atoms with Crippen molar-refractivity contribution in [3.63, 3.8) is 0 Å². The summed E-state index contributed by atoms with van der Waals surface area (Å²) < 4.78 is 0. The largest absolute Gasteiger partial charge is 0.352 e. The number of rotatable bonds is 6. The molecule has 0 aliphatic carbocycles. The van der Waals surface area contributed by atoms with E-state index in [4.69, 9.17) is 0 Å². The Morgan fingerprint density at radius 1 is 1.04 bits per heavy atom. The number of hydrogen-bond donors (Lipinski definition) is 1. The zero-order valence-electron chi connectivity index (χ0n) is 16.3. The summed E-state index contributed by atoms with van der Waals surface area (Å²) in [6.07, 6.45) is 3.93. The number of nitrogens with zero attached hydrogens (tertiary/aromatic N) is 4. The molecule has 0 radical (unpaired) electrons. The standard InChI is InChI=1S/C21H29N5OS/c27-20(17-25-11-13-26(14-12-25)21-22-8-15-28-21)23-19-6-9-24(10-7-19)16-18-4-2-1-3-5-18/h1-5,8,15,19H,6-7,9-14,16-17H2,(H,23,27). The van der Waals surface area contributed by atoms with Crippen LogP contribution in [-0.2, 0) is 11.3 Å². The Hall–Kier alpha value is -1.96. The number of carbonyl (C=O) groups is 1. The SMILES string of the molecule is O=C(CN1CCN(c2nccs2)CC1)NC1CCN(Cc2ccccc2)CC1. The van der Waals surface area contributed by atoms with E-state index in [1.165, 1.54) is 5.56 Å². The van der Waals surface area contributed by atoms with Gasteiger partial charge in [-0.1, -0.05) is 30.3 Å². The summed E-state index contributed by atoms with van der Waals surface area (Å²) >= 11 is 1.68. The van der Waals surface area contributed by atoms with Gasteiger partial charge < -0.3 is 10.2 Å². The maximum absolute atomic E-state index is 12.5. The lowest BCUT2D eigenvalue weighted by Gasteiger charge is -2.35. The molecule has 28 heavy (non-hydrogen) atoms. The maximum Gasteiger partial charge on any atom is 0.234 e. The predicted molar refractivity (Wildman–Crippen MR) is 114 cm³/mol. The highest BCUT2D eigenvalue weighted by atomic mass is 32.1. The van der Waals surface area contributed by atoms with Gasteiger partial charge in [-0.05, 0) is 18.4 Å². The van der Waals surface area contributed by atoms with E-state index in [1.54, 1.807) is 11.3 Å². The van der Waals surface area contributed by atoms with Gasteiger partial charge in [0.2, 0.25) is 5.91 Å². The monoisotopic (exact) mass is 399 g/mol. The van der Waals surface area contributed by atoms with Gasteiger partial charge in [-0.2, -0.15) is 0 Å². The number of piperidine rings is 1. The number of piperazine rings is 1. The molecular formula is C21H29N5OS. The van der Waals surface area contributed by atoms with E-state index in [0.29, 0.717) is 12.6 Å². The minimum absolute atomic E-state index is 0.171. The first-order valence-electron chi connectivity index (χ1n) is 10.2. The number of thiazole rings is 1. The van der Waals surface area contributed by atoms with Crippen LogP contribution in [0.1, 0.15) is 18.4 Å². The third-order valence-corrected chi connectivity index (χ3v) is 6.46. The summed E-state index contributed by atoms with van der Waals surface area (Å²) in [6.45, 7) is 7.34. The Morgan fingerprint density at radius 2 is 1.79 bits per heavy atom. The van der Waals surface area contributed by atoms with Gasteiger partial charge in [0.25, 0.3) is 0 Å². The molecule has 1 N–H and O–H groups in total. The molecule has 7 heteroatoms. The van der Waals surface area contributed by atoms with Gasteiger partial charge in [0.15, 0.2) is 5.13 Å². The van der Waals surface area contributed by atoms with Crippen LogP contribution in [0.3, 0.4) is 0 Å². The van der Waals surface area contributed by atoms with Crippen molar-refractivity contribution in [3.05, 3.63) is 47.5 Å². The second-order valence-corrected chi connectivity index (χ2v) is 8.55. The number of anilines is 1. The van der Waals surface area contributed by atoms with Crippen LogP contribution >= 0.6 is 11.3 Å². The number of likely N-dealkylation sites (tertiary alicyclic amines) is 1. The highest BCUT2D eigenvalue weighted by molar-refractivity contribution is 7.13. The van der Waals surface area contributed by atoms with Crippen molar-refractivity contribution in [1.82, 2.24) is 20.1 Å². The molecule has 2 saturated heterocycles. The van der Waals surface area contributed by atoms with Crippen LogP contribution in [-0.4, -0.2) is 72.5 Å². The summed E-state index contributed by atoms with van der Waals surface area (Å²) in [5, 5.41) is 6.36. The Kier molecular flexibility index (Phi) is 6.57. The summed E-state index contributed by atoms with van der Waals surface area (Å²) in [5.41, 5.74) is 1.36. The van der Waals surface area contributed by atoms with Crippen molar-refractivity contribution in [2.24, 2.45) is 0 Å². The summed E-state index contributed by atoms with van der Waals surface area (Å²) in [4.78, 5) is 23.9. The van der Waals surface area contributed by atoms with Crippen molar-refractivity contribution < 1.29 is 4.79 Å². The van der Waals surface area contributed by atoms with Crippen LogP contribution < -0.4 is 10.2 Å². The average Bonchev–Trinajstić information content (AvgIpc) is 3.26. The molecule has 2 aliphatic rings. The van der Waals surface area contributed by atoms with Crippen LogP contribution in [0, 0.1) is 0 Å². The van der Waals surface area contributed by atoms with E-state index < -0.39 is 0 Å². The first kappa shape index (κ1) is 19.4. The van der Waals surface area contributed by atoms with Crippen molar-refractivity contribution in [2.75, 3.05) is 50.7 Å². The third kappa shape index (κ3) is 5.31. The summed E-state index contributed by atoms with van der Waals surface area (Å²) in [5.74, 6) is 0.171. The van der Waals surface area contributed by atoms with Gasteiger partial charge >= 0.3 is 0 Å². The molecule has 0 bridgehead atoms. The number of hydrogen-bond acceptors (Lipinski definition) is 6. The Bertz CT molecular complexity index is 723. The van der Waals surface area contributed by atoms with Gasteiger partial charge in [-0.3, -0.25) is 14.6 Å². The Labute approximate surface area is 171 Å². The lowest BCUT2D eigenvalue weighted by molar-refractivity contribution is -0.123. The van der Waals surface area contributed by atoms with E-state index >= 15 is 0 Å². The average molecular weight is 400 g/mol. The lowest BCUT2D eigenvalue weighted by atomic mass is 10.0. The molecular weight excluding hydrogens is 370 g/mol. The molecule has 2 aromatic rings. The molecule has 0 atom stereocenters. The van der Waals surface area contributed by atoms with Crippen LogP contribution in [0.2, 0.25) is 0 Å². The zero-order valence-corrected chi connectivity index (χ0v) is 17.1. The maximum atomic E-state index is 12.5. The minimum Gasteiger partial charge on any atom is -0.352 e.